The fraction of sp³-hybridized carbons (Fsp3) is 0.316. The first-order chi connectivity index (χ1) is 12.8. The number of rotatable bonds is 4. The van der Waals surface area contributed by atoms with Gasteiger partial charge in [-0.15, -0.1) is 0 Å². The molecule has 7 nitrogen and oxygen atoms in total. The van der Waals surface area contributed by atoms with Gasteiger partial charge >= 0.3 is 0 Å². The Morgan fingerprint density at radius 2 is 2.08 bits per heavy atom. The Bertz CT molecular complexity index is 928. The van der Waals surface area contributed by atoms with E-state index in [-0.39, 0.29) is 11.8 Å². The summed E-state index contributed by atoms with van der Waals surface area (Å²) >= 11 is 0. The van der Waals surface area contributed by atoms with Crippen LogP contribution in [-0.4, -0.2) is 47.1 Å². The Labute approximate surface area is 150 Å². The molecule has 7 heteroatoms. The van der Waals surface area contributed by atoms with Crippen molar-refractivity contribution >= 4 is 11.6 Å². The van der Waals surface area contributed by atoms with Gasteiger partial charge in [0.25, 0.3) is 0 Å². The van der Waals surface area contributed by atoms with Crippen LogP contribution in [0, 0.1) is 0 Å². The molecule has 26 heavy (non-hydrogen) atoms. The molecule has 4 heterocycles. The largest absolute Gasteiger partial charge is 0.461 e. The molecule has 0 saturated carbocycles. The van der Waals surface area contributed by atoms with Gasteiger partial charge in [-0.05, 0) is 30.2 Å². The number of nitrogens with zero attached hydrogens (tertiary/aromatic N) is 4. The van der Waals surface area contributed by atoms with Crippen LogP contribution in [-0.2, 0) is 11.2 Å². The first-order valence-corrected chi connectivity index (χ1v) is 8.76. The number of benzene rings is 1. The van der Waals surface area contributed by atoms with Crippen LogP contribution in [0.3, 0.4) is 0 Å². The minimum atomic E-state index is 0.148. The van der Waals surface area contributed by atoms with Crippen LogP contribution >= 0.6 is 0 Å². The van der Waals surface area contributed by atoms with Crippen molar-refractivity contribution in [3.63, 3.8) is 0 Å². The summed E-state index contributed by atoms with van der Waals surface area (Å²) in [6.07, 6.45) is 2.51. The molecule has 0 aliphatic carbocycles. The second-order valence-corrected chi connectivity index (χ2v) is 6.75. The zero-order valence-electron chi connectivity index (χ0n) is 14.2. The first-order valence-electron chi connectivity index (χ1n) is 8.76. The van der Waals surface area contributed by atoms with E-state index in [1.54, 1.807) is 18.4 Å². The Kier molecular flexibility index (Phi) is 3.60. The number of likely N-dealkylation sites (tertiary alicyclic amines) is 1. The maximum Gasteiger partial charge on any atom is 0.241 e. The van der Waals surface area contributed by atoms with Crippen molar-refractivity contribution in [1.29, 1.82) is 0 Å². The average molecular weight is 350 g/mol. The van der Waals surface area contributed by atoms with Gasteiger partial charge < -0.3 is 13.8 Å². The summed E-state index contributed by atoms with van der Waals surface area (Å²) < 4.78 is 10.6. The van der Waals surface area contributed by atoms with Crippen molar-refractivity contribution in [1.82, 2.24) is 15.0 Å². The molecule has 132 valence electrons. The lowest BCUT2D eigenvalue weighted by Gasteiger charge is -2.37. The highest BCUT2D eigenvalue weighted by Gasteiger charge is 2.35. The molecule has 0 atom stereocenters. The predicted octanol–water partition coefficient (Wildman–Crippen LogP) is 2.32. The number of hydrogen-bond donors (Lipinski definition) is 0. The molecule has 1 aromatic carbocycles. The van der Waals surface area contributed by atoms with Gasteiger partial charge in [-0.25, -0.2) is 0 Å². The summed E-state index contributed by atoms with van der Waals surface area (Å²) in [5.74, 6) is 1.99. The van der Waals surface area contributed by atoms with Crippen LogP contribution in [0.5, 0.6) is 0 Å². The number of hydrogen-bond acceptors (Lipinski definition) is 6. The Hall–Kier alpha value is -2.93. The fourth-order valence-electron chi connectivity index (χ4n) is 3.64. The molecule has 1 saturated heterocycles. The molecule has 2 aromatic heterocycles. The van der Waals surface area contributed by atoms with Crippen molar-refractivity contribution in [2.45, 2.75) is 12.3 Å². The molecule has 0 radical (unpaired) electrons. The van der Waals surface area contributed by atoms with E-state index >= 15 is 0 Å². The second-order valence-electron chi connectivity index (χ2n) is 6.75. The molecule has 0 spiro atoms. The molecule has 5 rings (SSSR count). The number of fused-ring (bicyclic) bond motifs is 1. The molecule has 0 bridgehead atoms. The van der Waals surface area contributed by atoms with E-state index in [1.165, 1.54) is 5.56 Å². The Morgan fingerprint density at radius 3 is 2.92 bits per heavy atom. The summed E-state index contributed by atoms with van der Waals surface area (Å²) in [5.41, 5.74) is 2.30. The minimum Gasteiger partial charge on any atom is -0.461 e. The van der Waals surface area contributed by atoms with Crippen LogP contribution in [0.2, 0.25) is 0 Å². The third-order valence-electron chi connectivity index (χ3n) is 5.04. The van der Waals surface area contributed by atoms with Gasteiger partial charge in [0.15, 0.2) is 5.76 Å². The summed E-state index contributed by atoms with van der Waals surface area (Å²) in [4.78, 5) is 21.0. The number of carbonyl (C=O) groups excluding carboxylic acids is 1. The average Bonchev–Trinajstić information content (AvgIpc) is 3.37. The van der Waals surface area contributed by atoms with Crippen LogP contribution < -0.4 is 4.90 Å². The Morgan fingerprint density at radius 1 is 1.19 bits per heavy atom. The van der Waals surface area contributed by atoms with Crippen molar-refractivity contribution in [3.05, 3.63) is 54.1 Å². The van der Waals surface area contributed by atoms with Gasteiger partial charge in [0.2, 0.25) is 17.6 Å². The van der Waals surface area contributed by atoms with E-state index in [0.29, 0.717) is 24.0 Å². The van der Waals surface area contributed by atoms with Gasteiger partial charge in [0, 0.05) is 25.3 Å². The van der Waals surface area contributed by atoms with Crippen LogP contribution in [0.1, 0.15) is 17.4 Å². The third kappa shape index (κ3) is 2.61. The molecule has 0 N–H and O–H groups in total. The maximum absolute atomic E-state index is 12.6. The lowest BCUT2D eigenvalue weighted by Crippen LogP contribution is -2.50. The number of furan rings is 1. The number of aromatic nitrogens is 2. The quantitative estimate of drug-likeness (QED) is 0.719. The number of amides is 1. The lowest BCUT2D eigenvalue weighted by molar-refractivity contribution is -0.120. The van der Waals surface area contributed by atoms with Gasteiger partial charge in [0.1, 0.15) is 0 Å². The van der Waals surface area contributed by atoms with Crippen molar-refractivity contribution in [2.75, 3.05) is 31.1 Å². The monoisotopic (exact) mass is 350 g/mol. The van der Waals surface area contributed by atoms with Crippen LogP contribution in [0.25, 0.3) is 11.6 Å². The highest BCUT2D eigenvalue weighted by Crippen LogP contribution is 2.30. The summed E-state index contributed by atoms with van der Waals surface area (Å²) in [7, 11) is 0. The zero-order chi connectivity index (χ0) is 17.5. The highest BCUT2D eigenvalue weighted by atomic mass is 16.5. The smallest absolute Gasteiger partial charge is 0.241 e. The molecule has 0 unspecified atom stereocenters. The number of carbonyl (C=O) groups is 1. The minimum absolute atomic E-state index is 0.148. The van der Waals surface area contributed by atoms with E-state index < -0.39 is 0 Å². The fourth-order valence-corrected chi connectivity index (χ4v) is 3.64. The van der Waals surface area contributed by atoms with Gasteiger partial charge in [-0.3, -0.25) is 9.69 Å². The van der Waals surface area contributed by atoms with Crippen LogP contribution in [0.15, 0.2) is 51.6 Å². The summed E-state index contributed by atoms with van der Waals surface area (Å²) in [6.45, 7) is 2.69. The highest BCUT2D eigenvalue weighted by molar-refractivity contribution is 5.96. The Balaban J connectivity index is 1.18. The van der Waals surface area contributed by atoms with E-state index in [0.717, 1.165) is 31.7 Å². The topological polar surface area (TPSA) is 75.6 Å². The predicted molar refractivity (Wildman–Crippen MR) is 93.7 cm³/mol. The molecule has 3 aromatic rings. The van der Waals surface area contributed by atoms with Crippen molar-refractivity contribution in [3.8, 4) is 11.6 Å². The second kappa shape index (κ2) is 6.10. The van der Waals surface area contributed by atoms with Gasteiger partial charge in [-0.1, -0.05) is 23.4 Å². The number of para-hydroxylation sites is 1. The van der Waals surface area contributed by atoms with E-state index in [9.17, 15) is 4.79 Å². The molecule has 1 amide bonds. The molecule has 1 fully saturated rings. The first kappa shape index (κ1) is 15.3. The maximum atomic E-state index is 12.6. The lowest BCUT2D eigenvalue weighted by atomic mass is 10.0. The van der Waals surface area contributed by atoms with Crippen LogP contribution in [0.4, 0.5) is 5.69 Å². The SMILES string of the molecule is O=C(CN1CC(c2nc(-c3ccco3)no2)C1)N1CCc2ccccc21. The third-order valence-corrected chi connectivity index (χ3v) is 5.04. The molecule has 2 aliphatic rings. The van der Waals surface area contributed by atoms with Gasteiger partial charge in [0.05, 0.1) is 18.7 Å². The molecular formula is C19H18N4O3. The molecule has 2 aliphatic heterocycles. The van der Waals surface area contributed by atoms with E-state index in [2.05, 4.69) is 21.1 Å². The normalized spacial score (nSPS) is 17.3. The standard InChI is InChI=1S/C19H18N4O3/c24-17(23-8-7-13-4-1-2-5-15(13)23)12-22-10-14(11-22)19-20-18(21-26-19)16-6-3-9-25-16/h1-6,9,14H,7-8,10-12H2. The van der Waals surface area contributed by atoms with Gasteiger partial charge in [-0.2, -0.15) is 4.98 Å². The molecular weight excluding hydrogens is 332 g/mol. The zero-order valence-corrected chi connectivity index (χ0v) is 14.2. The summed E-state index contributed by atoms with van der Waals surface area (Å²) in [5, 5.41) is 3.96. The number of anilines is 1. The van der Waals surface area contributed by atoms with Crippen molar-refractivity contribution < 1.29 is 13.7 Å². The summed E-state index contributed by atoms with van der Waals surface area (Å²) in [6, 6.07) is 11.7. The van der Waals surface area contributed by atoms with Crippen molar-refractivity contribution in [2.24, 2.45) is 0 Å². The van der Waals surface area contributed by atoms with E-state index in [4.69, 9.17) is 8.94 Å². The van der Waals surface area contributed by atoms with E-state index in [1.807, 2.05) is 23.1 Å².